The summed E-state index contributed by atoms with van der Waals surface area (Å²) in [5.74, 6) is 0.252. The largest absolute Gasteiger partial charge is 0.497 e. The molecule has 0 aliphatic rings. The van der Waals surface area contributed by atoms with Crippen LogP contribution in [0.5, 0.6) is 5.75 Å². The Bertz CT molecular complexity index is 1040. The number of carbonyl (C=O) groups excluding carboxylic acids is 1. The summed E-state index contributed by atoms with van der Waals surface area (Å²) in [6, 6.07) is 18.7. The number of hydrogen-bond acceptors (Lipinski definition) is 6. The number of methoxy groups -OCH3 is 1. The van der Waals surface area contributed by atoms with E-state index in [0.29, 0.717) is 22.8 Å². The molecule has 8 heteroatoms. The Morgan fingerprint density at radius 2 is 1.73 bits per heavy atom. The molecule has 0 aliphatic heterocycles. The first-order valence-electron chi connectivity index (χ1n) is 10.6. The van der Waals surface area contributed by atoms with Gasteiger partial charge in [-0.3, -0.25) is 15.0 Å². The van der Waals surface area contributed by atoms with Crippen molar-refractivity contribution in [1.29, 1.82) is 0 Å². The van der Waals surface area contributed by atoms with Crippen LogP contribution in [0.2, 0.25) is 0 Å². The number of nitro groups is 1. The van der Waals surface area contributed by atoms with E-state index in [1.807, 2.05) is 30.3 Å². The number of benzene rings is 2. The summed E-state index contributed by atoms with van der Waals surface area (Å²) in [6.45, 7) is 4.88. The number of furan rings is 1. The second-order valence-corrected chi connectivity index (χ2v) is 8.54. The van der Waals surface area contributed by atoms with E-state index in [1.165, 1.54) is 11.2 Å². The maximum absolute atomic E-state index is 13.6. The molecule has 0 saturated heterocycles. The Morgan fingerprint density at radius 1 is 1.06 bits per heavy atom. The van der Waals surface area contributed by atoms with Crippen molar-refractivity contribution >= 4 is 11.8 Å². The van der Waals surface area contributed by atoms with Gasteiger partial charge in [0.25, 0.3) is 0 Å². The summed E-state index contributed by atoms with van der Waals surface area (Å²) >= 11 is 0. The Morgan fingerprint density at radius 3 is 2.24 bits per heavy atom. The van der Waals surface area contributed by atoms with Crippen LogP contribution in [0, 0.1) is 10.1 Å². The number of ether oxygens (including phenoxy) is 2. The smallest absolute Gasteiger partial charge is 0.415 e. The Labute approximate surface area is 192 Å². The summed E-state index contributed by atoms with van der Waals surface area (Å²) in [4.78, 5) is 26.3. The highest BCUT2D eigenvalue weighted by molar-refractivity contribution is 5.89. The molecule has 3 aromatic rings. The van der Waals surface area contributed by atoms with Gasteiger partial charge in [-0.25, -0.2) is 4.79 Å². The number of amides is 1. The maximum atomic E-state index is 13.6. The molecule has 174 valence electrons. The highest BCUT2D eigenvalue weighted by atomic mass is 16.6. The quantitative estimate of drug-likeness (QED) is 0.315. The molecule has 8 nitrogen and oxygen atoms in total. The van der Waals surface area contributed by atoms with Gasteiger partial charge in [0, 0.05) is 10.6 Å². The predicted molar refractivity (Wildman–Crippen MR) is 124 cm³/mol. The van der Waals surface area contributed by atoms with Crippen molar-refractivity contribution in [3.05, 3.63) is 94.4 Å². The van der Waals surface area contributed by atoms with Gasteiger partial charge in [0.1, 0.15) is 23.0 Å². The van der Waals surface area contributed by atoms with Crippen LogP contribution in [0.3, 0.4) is 0 Å². The fourth-order valence-electron chi connectivity index (χ4n) is 3.65. The van der Waals surface area contributed by atoms with E-state index < -0.39 is 35.1 Å². The molecule has 0 aliphatic carbocycles. The molecule has 0 spiro atoms. The zero-order chi connectivity index (χ0) is 24.0. The third-order valence-electron chi connectivity index (χ3n) is 5.00. The van der Waals surface area contributed by atoms with Crippen molar-refractivity contribution in [3.63, 3.8) is 0 Å². The lowest BCUT2D eigenvalue weighted by atomic mass is 9.89. The zero-order valence-electron chi connectivity index (χ0n) is 19.1. The van der Waals surface area contributed by atoms with Crippen molar-refractivity contribution in [2.45, 2.75) is 38.3 Å². The zero-order valence-corrected chi connectivity index (χ0v) is 19.1. The molecule has 2 aromatic carbocycles. The second kappa shape index (κ2) is 10.2. The van der Waals surface area contributed by atoms with Gasteiger partial charge < -0.3 is 13.9 Å². The summed E-state index contributed by atoms with van der Waals surface area (Å²) < 4.78 is 16.6. The molecule has 0 radical (unpaired) electrons. The highest BCUT2D eigenvalue weighted by Crippen LogP contribution is 2.40. The van der Waals surface area contributed by atoms with Gasteiger partial charge in [-0.1, -0.05) is 30.3 Å². The normalized spacial score (nSPS) is 13.1. The first kappa shape index (κ1) is 23.8. The van der Waals surface area contributed by atoms with Crippen molar-refractivity contribution in [3.8, 4) is 5.75 Å². The van der Waals surface area contributed by atoms with Crippen LogP contribution in [-0.2, 0) is 4.74 Å². The predicted octanol–water partition coefficient (Wildman–Crippen LogP) is 5.83. The van der Waals surface area contributed by atoms with E-state index in [1.54, 1.807) is 64.3 Å². The fraction of sp³-hybridized carbons (Fsp3) is 0.320. The highest BCUT2D eigenvalue weighted by Gasteiger charge is 2.40. The summed E-state index contributed by atoms with van der Waals surface area (Å²) in [5.41, 5.74) is 0.452. The molecule has 0 fully saturated rings. The Balaban J connectivity index is 2.21. The molecular formula is C25H28N2O6. The van der Waals surface area contributed by atoms with Gasteiger partial charge in [-0.15, -0.1) is 0 Å². The van der Waals surface area contributed by atoms with Crippen LogP contribution in [0.25, 0.3) is 0 Å². The van der Waals surface area contributed by atoms with Gasteiger partial charge in [0.2, 0.25) is 6.54 Å². The molecule has 0 unspecified atom stereocenters. The maximum Gasteiger partial charge on any atom is 0.415 e. The molecule has 33 heavy (non-hydrogen) atoms. The molecule has 1 heterocycles. The number of rotatable bonds is 8. The van der Waals surface area contributed by atoms with Gasteiger partial charge in [-0.05, 0) is 62.7 Å². The molecule has 0 N–H and O–H groups in total. The Kier molecular flexibility index (Phi) is 7.37. The third kappa shape index (κ3) is 6.12. The van der Waals surface area contributed by atoms with E-state index in [2.05, 4.69) is 0 Å². The third-order valence-corrected chi connectivity index (χ3v) is 5.00. The van der Waals surface area contributed by atoms with E-state index in [4.69, 9.17) is 13.9 Å². The molecule has 0 saturated carbocycles. The molecule has 3 rings (SSSR count). The van der Waals surface area contributed by atoms with Crippen LogP contribution in [0.4, 0.5) is 10.5 Å². The second-order valence-electron chi connectivity index (χ2n) is 8.54. The SMILES string of the molecule is COc1ccc(N(C(=O)OC(C)(C)C)[C@H](c2ccccc2)[C@H](C[N+](=O)[O-])c2ccco2)cc1. The average Bonchev–Trinajstić information content (AvgIpc) is 3.30. The first-order valence-corrected chi connectivity index (χ1v) is 10.6. The minimum atomic E-state index is -0.772. The van der Waals surface area contributed by atoms with E-state index in [9.17, 15) is 14.9 Å². The minimum Gasteiger partial charge on any atom is -0.497 e. The summed E-state index contributed by atoms with van der Waals surface area (Å²) in [6.07, 6.45) is 0.844. The van der Waals surface area contributed by atoms with Gasteiger partial charge in [0.15, 0.2) is 0 Å². The van der Waals surface area contributed by atoms with Crippen molar-refractivity contribution in [2.24, 2.45) is 0 Å². The number of nitrogens with zero attached hydrogens (tertiary/aromatic N) is 2. The first-order chi connectivity index (χ1) is 15.7. The van der Waals surface area contributed by atoms with Crippen LogP contribution in [-0.4, -0.2) is 30.3 Å². The molecule has 1 aromatic heterocycles. The van der Waals surface area contributed by atoms with Crippen molar-refractivity contribution in [1.82, 2.24) is 0 Å². The average molecular weight is 453 g/mol. The molecular weight excluding hydrogens is 424 g/mol. The van der Waals surface area contributed by atoms with Crippen LogP contribution in [0.15, 0.2) is 77.4 Å². The lowest BCUT2D eigenvalue weighted by Gasteiger charge is -2.36. The van der Waals surface area contributed by atoms with E-state index in [0.717, 1.165) is 0 Å². The molecule has 0 bridgehead atoms. The van der Waals surface area contributed by atoms with Crippen LogP contribution in [0.1, 0.15) is 44.1 Å². The van der Waals surface area contributed by atoms with Gasteiger partial charge >= 0.3 is 6.09 Å². The fourth-order valence-corrected chi connectivity index (χ4v) is 3.65. The lowest BCUT2D eigenvalue weighted by molar-refractivity contribution is -0.484. The minimum absolute atomic E-state index is 0.398. The standard InChI is InChI=1S/C25H28N2O6/c1-25(2,3)33-24(28)27(19-12-14-20(31-4)15-13-19)23(18-9-6-5-7-10-18)21(17-26(29)30)22-11-8-16-32-22/h5-16,21,23H,17H2,1-4H3/t21-,23-/m1/s1. The monoisotopic (exact) mass is 452 g/mol. The van der Waals surface area contributed by atoms with Crippen molar-refractivity contribution in [2.75, 3.05) is 18.6 Å². The topological polar surface area (TPSA) is 95.0 Å². The number of hydrogen-bond donors (Lipinski definition) is 0. The van der Waals surface area contributed by atoms with Crippen LogP contribution >= 0.6 is 0 Å². The van der Waals surface area contributed by atoms with E-state index >= 15 is 0 Å². The number of anilines is 1. The van der Waals surface area contributed by atoms with Gasteiger partial charge in [0.05, 0.1) is 19.4 Å². The summed E-state index contributed by atoms with van der Waals surface area (Å²) in [5, 5.41) is 11.7. The Hall–Kier alpha value is -3.81. The number of carbonyl (C=O) groups is 1. The molecule has 2 atom stereocenters. The lowest BCUT2D eigenvalue weighted by Crippen LogP contribution is -2.42. The van der Waals surface area contributed by atoms with Gasteiger partial charge in [-0.2, -0.15) is 0 Å². The summed E-state index contributed by atoms with van der Waals surface area (Å²) in [7, 11) is 1.55. The van der Waals surface area contributed by atoms with Crippen molar-refractivity contribution < 1.29 is 23.6 Å². The van der Waals surface area contributed by atoms with E-state index in [-0.39, 0.29) is 0 Å². The van der Waals surface area contributed by atoms with Crippen LogP contribution < -0.4 is 9.64 Å². The molecule has 1 amide bonds.